The molecular weight excluding hydrogens is 264 g/mol. The van der Waals surface area contributed by atoms with Crippen molar-refractivity contribution in [2.75, 3.05) is 13.2 Å². The SMILES string of the molecule is O=C(C1O[C@H](CO)[C@@H](O)[C@@H]1O)[C@H](O)[C@@H](O)[C@H](O)CO. The normalized spacial score (nSPS) is 35.9. The molecule has 9 heteroatoms. The molecule has 7 atom stereocenters. The molecule has 0 aromatic heterocycles. The first-order valence-electron chi connectivity index (χ1n) is 5.66. The Kier molecular flexibility index (Phi) is 5.77. The minimum atomic E-state index is -2.11. The van der Waals surface area contributed by atoms with Crippen LogP contribution in [0.2, 0.25) is 0 Å². The van der Waals surface area contributed by atoms with Crippen molar-refractivity contribution < 1.29 is 45.3 Å². The van der Waals surface area contributed by atoms with E-state index in [0.29, 0.717) is 0 Å². The largest absolute Gasteiger partial charge is 0.394 e. The van der Waals surface area contributed by atoms with Gasteiger partial charge in [0, 0.05) is 0 Å². The molecule has 112 valence electrons. The summed E-state index contributed by atoms with van der Waals surface area (Å²) in [5.41, 5.74) is 0. The standard InChI is InChI=1S/C10H18O9/c11-1-3(13)5(14)7(16)9(18)10-8(17)6(15)4(2-12)19-10/h3-8,10-17H,1-2H2/t3-,4-,5+,6-,7-,8+,10?/m1/s1. The lowest BCUT2D eigenvalue weighted by atomic mass is 9.97. The summed E-state index contributed by atoms with van der Waals surface area (Å²) in [5, 5.41) is 64.4. The van der Waals surface area contributed by atoms with Crippen molar-refractivity contribution in [3.8, 4) is 0 Å². The van der Waals surface area contributed by atoms with Gasteiger partial charge in [-0.25, -0.2) is 0 Å². The Bertz CT molecular complexity index is 309. The van der Waals surface area contributed by atoms with Gasteiger partial charge in [-0.15, -0.1) is 0 Å². The zero-order valence-electron chi connectivity index (χ0n) is 9.90. The molecule has 0 bridgehead atoms. The minimum Gasteiger partial charge on any atom is -0.394 e. The van der Waals surface area contributed by atoms with Crippen molar-refractivity contribution in [1.29, 1.82) is 0 Å². The fourth-order valence-corrected chi connectivity index (χ4v) is 1.79. The Morgan fingerprint density at radius 1 is 1.11 bits per heavy atom. The summed E-state index contributed by atoms with van der Waals surface area (Å²) in [6.07, 6.45) is -11.8. The van der Waals surface area contributed by atoms with E-state index < -0.39 is 61.7 Å². The van der Waals surface area contributed by atoms with Crippen molar-refractivity contribution in [2.24, 2.45) is 0 Å². The summed E-state index contributed by atoms with van der Waals surface area (Å²) >= 11 is 0. The molecule has 0 saturated carbocycles. The van der Waals surface area contributed by atoms with Gasteiger partial charge in [0.05, 0.1) is 13.2 Å². The van der Waals surface area contributed by atoms with E-state index in [1.807, 2.05) is 0 Å². The van der Waals surface area contributed by atoms with Gasteiger partial charge in [0.2, 0.25) is 0 Å². The Hall–Kier alpha value is -0.650. The van der Waals surface area contributed by atoms with Gasteiger partial charge < -0.3 is 40.5 Å². The van der Waals surface area contributed by atoms with Crippen LogP contribution >= 0.6 is 0 Å². The quantitative estimate of drug-likeness (QED) is 0.252. The van der Waals surface area contributed by atoms with E-state index in [4.69, 9.17) is 20.1 Å². The van der Waals surface area contributed by atoms with Gasteiger partial charge >= 0.3 is 0 Å². The van der Waals surface area contributed by atoms with Crippen LogP contribution in [-0.4, -0.2) is 97.5 Å². The maximum atomic E-state index is 11.7. The van der Waals surface area contributed by atoms with E-state index in [-0.39, 0.29) is 0 Å². The molecule has 1 heterocycles. The summed E-state index contributed by atoms with van der Waals surface area (Å²) in [4.78, 5) is 11.7. The van der Waals surface area contributed by atoms with E-state index in [0.717, 1.165) is 0 Å². The monoisotopic (exact) mass is 282 g/mol. The lowest BCUT2D eigenvalue weighted by Crippen LogP contribution is -2.50. The van der Waals surface area contributed by atoms with Crippen molar-refractivity contribution in [2.45, 2.75) is 42.7 Å². The highest BCUT2D eigenvalue weighted by Gasteiger charge is 2.48. The Morgan fingerprint density at radius 2 is 1.68 bits per heavy atom. The third-order valence-electron chi connectivity index (χ3n) is 3.02. The van der Waals surface area contributed by atoms with Crippen molar-refractivity contribution in [1.82, 2.24) is 0 Å². The smallest absolute Gasteiger partial charge is 0.195 e. The van der Waals surface area contributed by atoms with Crippen LogP contribution in [0.4, 0.5) is 0 Å². The molecule has 0 amide bonds. The molecule has 0 spiro atoms. The second-order valence-corrected chi connectivity index (χ2v) is 4.35. The molecule has 0 radical (unpaired) electrons. The number of carbonyl (C=O) groups is 1. The number of Topliss-reactive ketones (excluding diaryl/α,β-unsaturated/α-hetero) is 1. The molecule has 9 nitrogen and oxygen atoms in total. The molecule has 1 aliphatic rings. The van der Waals surface area contributed by atoms with Crippen LogP contribution < -0.4 is 0 Å². The van der Waals surface area contributed by atoms with Gasteiger partial charge in [0.15, 0.2) is 5.78 Å². The summed E-state index contributed by atoms with van der Waals surface area (Å²) in [7, 11) is 0. The lowest BCUT2D eigenvalue weighted by Gasteiger charge is -2.23. The Morgan fingerprint density at radius 3 is 2.11 bits per heavy atom. The van der Waals surface area contributed by atoms with Gasteiger partial charge in [-0.2, -0.15) is 0 Å². The van der Waals surface area contributed by atoms with Crippen LogP contribution in [0.15, 0.2) is 0 Å². The number of rotatable bonds is 6. The van der Waals surface area contributed by atoms with Gasteiger partial charge in [0.25, 0.3) is 0 Å². The van der Waals surface area contributed by atoms with Crippen molar-refractivity contribution in [3.63, 3.8) is 0 Å². The summed E-state index contributed by atoms with van der Waals surface area (Å²) in [5.74, 6) is -1.16. The van der Waals surface area contributed by atoms with Gasteiger partial charge in [0.1, 0.15) is 42.7 Å². The highest BCUT2D eigenvalue weighted by atomic mass is 16.6. The first-order chi connectivity index (χ1) is 8.84. The first-order valence-corrected chi connectivity index (χ1v) is 5.66. The van der Waals surface area contributed by atoms with Crippen LogP contribution in [0.5, 0.6) is 0 Å². The molecule has 0 aromatic rings. The average molecular weight is 282 g/mol. The number of aliphatic hydroxyl groups is 7. The number of hydrogen-bond donors (Lipinski definition) is 7. The number of ketones is 1. The molecular formula is C10H18O9. The van der Waals surface area contributed by atoms with Gasteiger partial charge in [-0.05, 0) is 0 Å². The Labute approximate surface area is 108 Å². The highest BCUT2D eigenvalue weighted by molar-refractivity contribution is 5.88. The zero-order valence-corrected chi connectivity index (χ0v) is 9.90. The molecule has 0 aromatic carbocycles. The van der Waals surface area contributed by atoms with E-state index in [2.05, 4.69) is 0 Å². The molecule has 1 unspecified atom stereocenters. The fourth-order valence-electron chi connectivity index (χ4n) is 1.79. The zero-order chi connectivity index (χ0) is 14.7. The Balaban J connectivity index is 2.73. The first kappa shape index (κ1) is 16.4. The summed E-state index contributed by atoms with van der Waals surface area (Å²) in [6, 6.07) is 0. The summed E-state index contributed by atoms with van der Waals surface area (Å²) in [6.45, 7) is -1.51. The van der Waals surface area contributed by atoms with E-state index >= 15 is 0 Å². The van der Waals surface area contributed by atoms with Crippen LogP contribution in [0, 0.1) is 0 Å². The summed E-state index contributed by atoms with van der Waals surface area (Å²) < 4.78 is 4.87. The maximum Gasteiger partial charge on any atom is 0.195 e. The van der Waals surface area contributed by atoms with Crippen molar-refractivity contribution in [3.05, 3.63) is 0 Å². The number of hydrogen-bond acceptors (Lipinski definition) is 9. The third-order valence-corrected chi connectivity index (χ3v) is 3.02. The molecule has 1 saturated heterocycles. The minimum absolute atomic E-state index is 0.639. The topological polar surface area (TPSA) is 168 Å². The van der Waals surface area contributed by atoms with E-state index in [1.165, 1.54) is 0 Å². The van der Waals surface area contributed by atoms with E-state index in [9.17, 15) is 25.2 Å². The van der Waals surface area contributed by atoms with E-state index in [1.54, 1.807) is 0 Å². The van der Waals surface area contributed by atoms with Gasteiger partial charge in [-0.1, -0.05) is 0 Å². The maximum absolute atomic E-state index is 11.7. The second-order valence-electron chi connectivity index (χ2n) is 4.35. The molecule has 1 aliphatic heterocycles. The molecule has 19 heavy (non-hydrogen) atoms. The molecule has 7 N–H and O–H groups in total. The predicted octanol–water partition coefficient (Wildman–Crippen LogP) is -4.89. The van der Waals surface area contributed by atoms with Crippen LogP contribution in [-0.2, 0) is 9.53 Å². The van der Waals surface area contributed by atoms with Crippen LogP contribution in [0.25, 0.3) is 0 Å². The molecule has 1 fully saturated rings. The van der Waals surface area contributed by atoms with Gasteiger partial charge in [-0.3, -0.25) is 4.79 Å². The molecule has 1 rings (SSSR count). The average Bonchev–Trinajstić information content (AvgIpc) is 2.71. The van der Waals surface area contributed by atoms with Crippen LogP contribution in [0.3, 0.4) is 0 Å². The fraction of sp³-hybridized carbons (Fsp3) is 0.900. The lowest BCUT2D eigenvalue weighted by molar-refractivity contribution is -0.154. The highest BCUT2D eigenvalue weighted by Crippen LogP contribution is 2.23. The number of carbonyl (C=O) groups excluding carboxylic acids is 1. The number of aliphatic hydroxyl groups excluding tert-OH is 7. The van der Waals surface area contributed by atoms with Crippen LogP contribution in [0.1, 0.15) is 0 Å². The van der Waals surface area contributed by atoms with Crippen molar-refractivity contribution >= 4 is 5.78 Å². The predicted molar refractivity (Wildman–Crippen MR) is 57.9 cm³/mol. The second kappa shape index (κ2) is 6.68. The molecule has 0 aliphatic carbocycles. The third kappa shape index (κ3) is 3.27. The number of ether oxygens (including phenoxy) is 1.